The van der Waals surface area contributed by atoms with Crippen LogP contribution in [0.5, 0.6) is 0 Å². The molecule has 1 aliphatic heterocycles. The number of carboxylic acid groups (broad SMARTS) is 1. The van der Waals surface area contributed by atoms with Crippen molar-refractivity contribution >= 4 is 17.7 Å². The van der Waals surface area contributed by atoms with E-state index in [2.05, 4.69) is 10.3 Å². The van der Waals surface area contributed by atoms with Gasteiger partial charge in [0.05, 0.1) is 5.56 Å². The van der Waals surface area contributed by atoms with Crippen LogP contribution >= 0.6 is 0 Å². The summed E-state index contributed by atoms with van der Waals surface area (Å²) in [4.78, 5) is 28.9. The third-order valence-corrected chi connectivity index (χ3v) is 3.54. The highest BCUT2D eigenvalue weighted by atomic mass is 16.4. The average Bonchev–Trinajstić information content (AvgIpc) is 2.86. The van der Waals surface area contributed by atoms with Crippen molar-refractivity contribution < 1.29 is 14.7 Å². The van der Waals surface area contributed by atoms with Crippen molar-refractivity contribution in [1.29, 1.82) is 0 Å². The number of carbonyl (C=O) groups is 2. The molecule has 1 amide bonds. The molecular weight excluding hydrogens is 270 g/mol. The molecule has 2 N–H and O–H groups in total. The van der Waals surface area contributed by atoms with Gasteiger partial charge < -0.3 is 15.3 Å². The molecule has 0 radical (unpaired) electrons. The minimum absolute atomic E-state index is 0.0410. The zero-order chi connectivity index (χ0) is 15.4. The Morgan fingerprint density at radius 1 is 1.48 bits per heavy atom. The number of aromatic carboxylic acids is 1. The van der Waals surface area contributed by atoms with Gasteiger partial charge >= 0.3 is 5.97 Å². The van der Waals surface area contributed by atoms with E-state index in [1.807, 2.05) is 11.8 Å². The number of hydrogen-bond acceptors (Lipinski definition) is 4. The van der Waals surface area contributed by atoms with Crippen LogP contribution in [0.2, 0.25) is 0 Å². The summed E-state index contributed by atoms with van der Waals surface area (Å²) in [6, 6.07) is 3.35. The minimum Gasteiger partial charge on any atom is -0.478 e. The number of anilines is 1. The van der Waals surface area contributed by atoms with Gasteiger partial charge in [-0.05, 0) is 25.0 Å². The maximum atomic E-state index is 11.2. The first-order valence-electron chi connectivity index (χ1n) is 7.26. The quantitative estimate of drug-likeness (QED) is 0.858. The lowest BCUT2D eigenvalue weighted by atomic mass is 10.1. The summed E-state index contributed by atoms with van der Waals surface area (Å²) >= 11 is 0. The van der Waals surface area contributed by atoms with Crippen molar-refractivity contribution in [2.45, 2.75) is 39.2 Å². The highest BCUT2D eigenvalue weighted by Crippen LogP contribution is 2.21. The Labute approximate surface area is 124 Å². The largest absolute Gasteiger partial charge is 0.478 e. The summed E-state index contributed by atoms with van der Waals surface area (Å²) in [6.07, 6.45) is 2.53. The molecule has 6 nitrogen and oxygen atoms in total. The molecule has 1 aliphatic rings. The van der Waals surface area contributed by atoms with Crippen LogP contribution in [0.15, 0.2) is 12.1 Å². The first-order valence-corrected chi connectivity index (χ1v) is 7.26. The molecule has 1 aromatic rings. The average molecular weight is 291 g/mol. The Morgan fingerprint density at radius 3 is 2.86 bits per heavy atom. The van der Waals surface area contributed by atoms with Crippen LogP contribution in [0.3, 0.4) is 0 Å². The van der Waals surface area contributed by atoms with Gasteiger partial charge in [-0.25, -0.2) is 9.78 Å². The lowest BCUT2D eigenvalue weighted by molar-refractivity contribution is -0.119. The van der Waals surface area contributed by atoms with Crippen LogP contribution in [0.1, 0.15) is 42.7 Å². The molecule has 21 heavy (non-hydrogen) atoms. The van der Waals surface area contributed by atoms with Gasteiger partial charge in [0.2, 0.25) is 5.91 Å². The highest BCUT2D eigenvalue weighted by Gasteiger charge is 2.25. The molecule has 0 aromatic carbocycles. The van der Waals surface area contributed by atoms with E-state index in [0.717, 1.165) is 31.5 Å². The van der Waals surface area contributed by atoms with Gasteiger partial charge in [0.15, 0.2) is 0 Å². The summed E-state index contributed by atoms with van der Waals surface area (Å²) < 4.78 is 0. The summed E-state index contributed by atoms with van der Waals surface area (Å²) in [7, 11) is 0. The SMILES string of the molecule is CCCc1cc(C(=O)O)cc(N2CCC(NC(C)=O)C2)n1. The second kappa shape index (κ2) is 6.56. The number of aromatic nitrogens is 1. The minimum atomic E-state index is -0.936. The predicted molar refractivity (Wildman–Crippen MR) is 79.6 cm³/mol. The molecule has 6 heteroatoms. The zero-order valence-corrected chi connectivity index (χ0v) is 12.4. The van der Waals surface area contributed by atoms with E-state index in [-0.39, 0.29) is 17.5 Å². The summed E-state index contributed by atoms with van der Waals surface area (Å²) in [5.74, 6) is -0.291. The molecule has 1 unspecified atom stereocenters. The van der Waals surface area contributed by atoms with E-state index in [1.165, 1.54) is 6.92 Å². The maximum absolute atomic E-state index is 11.2. The van der Waals surface area contributed by atoms with Crippen molar-refractivity contribution in [3.05, 3.63) is 23.4 Å². The Morgan fingerprint density at radius 2 is 2.24 bits per heavy atom. The Bertz CT molecular complexity index is 545. The van der Waals surface area contributed by atoms with Gasteiger partial charge in [0.1, 0.15) is 5.82 Å². The van der Waals surface area contributed by atoms with Crippen LogP contribution in [-0.2, 0) is 11.2 Å². The second-order valence-corrected chi connectivity index (χ2v) is 5.39. The van der Waals surface area contributed by atoms with E-state index in [9.17, 15) is 14.7 Å². The van der Waals surface area contributed by atoms with E-state index in [0.29, 0.717) is 12.4 Å². The summed E-state index contributed by atoms with van der Waals surface area (Å²) in [6.45, 7) is 4.98. The normalized spacial score (nSPS) is 17.8. The van der Waals surface area contributed by atoms with E-state index in [1.54, 1.807) is 12.1 Å². The van der Waals surface area contributed by atoms with Crippen LogP contribution in [0, 0.1) is 0 Å². The third kappa shape index (κ3) is 3.93. The topological polar surface area (TPSA) is 82.5 Å². The number of carbonyl (C=O) groups excluding carboxylic acids is 1. The fourth-order valence-corrected chi connectivity index (χ4v) is 2.62. The van der Waals surface area contributed by atoms with Gasteiger partial charge in [-0.15, -0.1) is 0 Å². The molecular formula is C15H21N3O3. The Hall–Kier alpha value is -2.11. The van der Waals surface area contributed by atoms with Crippen molar-refractivity contribution in [3.8, 4) is 0 Å². The number of rotatable bonds is 5. The number of hydrogen-bond donors (Lipinski definition) is 2. The molecule has 114 valence electrons. The smallest absolute Gasteiger partial charge is 0.335 e. The van der Waals surface area contributed by atoms with Gasteiger partial charge in [-0.3, -0.25) is 4.79 Å². The lowest BCUT2D eigenvalue weighted by Gasteiger charge is -2.19. The number of carboxylic acids is 1. The number of nitrogens with zero attached hydrogens (tertiary/aromatic N) is 2. The van der Waals surface area contributed by atoms with E-state index < -0.39 is 5.97 Å². The van der Waals surface area contributed by atoms with E-state index in [4.69, 9.17) is 0 Å². The third-order valence-electron chi connectivity index (χ3n) is 3.54. The fraction of sp³-hybridized carbons (Fsp3) is 0.533. The molecule has 1 fully saturated rings. The summed E-state index contributed by atoms with van der Waals surface area (Å²) in [5.41, 5.74) is 1.07. The number of aryl methyl sites for hydroxylation is 1. The van der Waals surface area contributed by atoms with Crippen LogP contribution in [0.4, 0.5) is 5.82 Å². The van der Waals surface area contributed by atoms with Crippen molar-refractivity contribution in [2.24, 2.45) is 0 Å². The van der Waals surface area contributed by atoms with Crippen molar-refractivity contribution in [1.82, 2.24) is 10.3 Å². The number of nitrogens with one attached hydrogen (secondary N) is 1. The van der Waals surface area contributed by atoms with Crippen LogP contribution in [-0.4, -0.2) is 41.1 Å². The monoisotopic (exact) mass is 291 g/mol. The molecule has 2 heterocycles. The maximum Gasteiger partial charge on any atom is 0.335 e. The standard InChI is InChI=1S/C15H21N3O3/c1-3-4-12-7-11(15(20)21)8-14(17-12)18-6-5-13(9-18)16-10(2)19/h7-8,13H,3-6,9H2,1-2H3,(H,16,19)(H,20,21). The van der Waals surface area contributed by atoms with Gasteiger partial charge in [0.25, 0.3) is 0 Å². The number of pyridine rings is 1. The van der Waals surface area contributed by atoms with E-state index >= 15 is 0 Å². The van der Waals surface area contributed by atoms with Crippen molar-refractivity contribution in [3.63, 3.8) is 0 Å². The van der Waals surface area contributed by atoms with Crippen LogP contribution < -0.4 is 10.2 Å². The first kappa shape index (κ1) is 15.3. The predicted octanol–water partition coefficient (Wildman–Crippen LogP) is 1.45. The molecule has 1 aromatic heterocycles. The highest BCUT2D eigenvalue weighted by molar-refractivity contribution is 5.88. The molecule has 2 rings (SSSR count). The van der Waals surface area contributed by atoms with Gasteiger partial charge in [-0.2, -0.15) is 0 Å². The van der Waals surface area contributed by atoms with Gasteiger partial charge in [-0.1, -0.05) is 13.3 Å². The molecule has 0 saturated carbocycles. The lowest BCUT2D eigenvalue weighted by Crippen LogP contribution is -2.35. The summed E-state index contributed by atoms with van der Waals surface area (Å²) in [5, 5.41) is 12.1. The molecule has 1 atom stereocenters. The number of amides is 1. The van der Waals surface area contributed by atoms with Crippen LogP contribution in [0.25, 0.3) is 0 Å². The second-order valence-electron chi connectivity index (χ2n) is 5.39. The Kier molecular flexibility index (Phi) is 4.77. The van der Waals surface area contributed by atoms with Crippen molar-refractivity contribution in [2.75, 3.05) is 18.0 Å². The molecule has 0 bridgehead atoms. The fourth-order valence-electron chi connectivity index (χ4n) is 2.62. The first-order chi connectivity index (χ1) is 9.99. The van der Waals surface area contributed by atoms with Gasteiger partial charge in [0, 0.05) is 31.7 Å². The molecule has 0 spiro atoms. The molecule has 1 saturated heterocycles. The Balaban J connectivity index is 2.19. The zero-order valence-electron chi connectivity index (χ0n) is 12.4. The molecule has 0 aliphatic carbocycles.